The Balaban J connectivity index is 2.40. The third kappa shape index (κ3) is 3.36. The SMILES string of the molecule is COc1cccc(C(=O)/C(C#N)=C/c2ccc(F)cc2F)c1. The Morgan fingerprint density at radius 1 is 1.23 bits per heavy atom. The topological polar surface area (TPSA) is 50.1 Å². The number of hydrogen-bond donors (Lipinski definition) is 0. The average Bonchev–Trinajstić information content (AvgIpc) is 2.53. The molecule has 0 aliphatic rings. The summed E-state index contributed by atoms with van der Waals surface area (Å²) in [5.41, 5.74) is -0.0392. The maximum Gasteiger partial charge on any atom is 0.203 e. The number of allylic oxidation sites excluding steroid dienone is 1. The summed E-state index contributed by atoms with van der Waals surface area (Å²) in [6.45, 7) is 0. The van der Waals surface area contributed by atoms with E-state index in [4.69, 9.17) is 10.00 Å². The predicted octanol–water partition coefficient (Wildman–Crippen LogP) is 3.76. The van der Waals surface area contributed by atoms with Crippen molar-refractivity contribution in [3.8, 4) is 11.8 Å². The van der Waals surface area contributed by atoms with Gasteiger partial charge in [-0.15, -0.1) is 0 Å². The highest BCUT2D eigenvalue weighted by Gasteiger charge is 2.14. The van der Waals surface area contributed by atoms with Crippen LogP contribution in [-0.4, -0.2) is 12.9 Å². The van der Waals surface area contributed by atoms with Crippen LogP contribution in [0.4, 0.5) is 8.78 Å². The van der Waals surface area contributed by atoms with Crippen molar-refractivity contribution in [2.45, 2.75) is 0 Å². The second kappa shape index (κ2) is 6.64. The number of methoxy groups -OCH3 is 1. The molecule has 0 spiro atoms. The minimum absolute atomic E-state index is 0.0332. The number of carbonyl (C=O) groups is 1. The Labute approximate surface area is 126 Å². The summed E-state index contributed by atoms with van der Waals surface area (Å²) < 4.78 is 31.5. The molecule has 0 amide bonds. The molecule has 0 fully saturated rings. The van der Waals surface area contributed by atoms with Crippen LogP contribution in [-0.2, 0) is 0 Å². The van der Waals surface area contributed by atoms with Crippen molar-refractivity contribution in [3.63, 3.8) is 0 Å². The van der Waals surface area contributed by atoms with E-state index in [-0.39, 0.29) is 16.7 Å². The van der Waals surface area contributed by atoms with Gasteiger partial charge in [0.2, 0.25) is 5.78 Å². The van der Waals surface area contributed by atoms with Gasteiger partial charge in [-0.2, -0.15) is 5.26 Å². The molecule has 0 bridgehead atoms. The maximum atomic E-state index is 13.6. The smallest absolute Gasteiger partial charge is 0.203 e. The predicted molar refractivity (Wildman–Crippen MR) is 77.3 cm³/mol. The second-order valence-electron chi connectivity index (χ2n) is 4.40. The molecule has 22 heavy (non-hydrogen) atoms. The van der Waals surface area contributed by atoms with Crippen LogP contribution in [0.15, 0.2) is 48.0 Å². The molecule has 0 aliphatic carbocycles. The summed E-state index contributed by atoms with van der Waals surface area (Å²) in [7, 11) is 1.46. The first kappa shape index (κ1) is 15.4. The lowest BCUT2D eigenvalue weighted by Gasteiger charge is -2.03. The van der Waals surface area contributed by atoms with Gasteiger partial charge in [0.15, 0.2) is 0 Å². The molecule has 0 unspecified atom stereocenters. The first-order valence-electron chi connectivity index (χ1n) is 6.30. The van der Waals surface area contributed by atoms with Crippen LogP contribution in [0.3, 0.4) is 0 Å². The molecule has 0 heterocycles. The van der Waals surface area contributed by atoms with Crippen LogP contribution in [0.1, 0.15) is 15.9 Å². The number of carbonyl (C=O) groups excluding carboxylic acids is 1. The lowest BCUT2D eigenvalue weighted by molar-refractivity contribution is 0.103. The third-order valence-corrected chi connectivity index (χ3v) is 2.96. The fourth-order valence-corrected chi connectivity index (χ4v) is 1.84. The molecular formula is C17H11F2NO2. The monoisotopic (exact) mass is 299 g/mol. The molecule has 2 aromatic rings. The van der Waals surface area contributed by atoms with Gasteiger partial charge >= 0.3 is 0 Å². The number of ketones is 1. The molecule has 0 N–H and O–H groups in total. The molecule has 0 radical (unpaired) electrons. The first-order chi connectivity index (χ1) is 10.5. The first-order valence-corrected chi connectivity index (χ1v) is 6.30. The van der Waals surface area contributed by atoms with Gasteiger partial charge in [0, 0.05) is 17.2 Å². The summed E-state index contributed by atoms with van der Waals surface area (Å²) in [5, 5.41) is 9.12. The standard InChI is InChI=1S/C17H11F2NO2/c1-22-15-4-2-3-12(8-15)17(21)13(10-20)7-11-5-6-14(18)9-16(11)19/h2-9H,1H3/b13-7+. The van der Waals surface area contributed by atoms with Gasteiger partial charge < -0.3 is 4.74 Å². The summed E-state index contributed by atoms with van der Waals surface area (Å²) in [6.07, 6.45) is 1.09. The van der Waals surface area contributed by atoms with Crippen molar-refractivity contribution in [1.29, 1.82) is 5.26 Å². The van der Waals surface area contributed by atoms with Crippen molar-refractivity contribution in [3.05, 3.63) is 70.8 Å². The third-order valence-electron chi connectivity index (χ3n) is 2.96. The molecule has 110 valence electrons. The van der Waals surface area contributed by atoms with Crippen LogP contribution in [0.2, 0.25) is 0 Å². The van der Waals surface area contributed by atoms with E-state index in [0.717, 1.165) is 12.1 Å². The molecule has 5 heteroatoms. The fraction of sp³-hybridized carbons (Fsp3) is 0.0588. The highest BCUT2D eigenvalue weighted by molar-refractivity contribution is 6.14. The molecule has 3 nitrogen and oxygen atoms in total. The van der Waals surface area contributed by atoms with Crippen molar-refractivity contribution < 1.29 is 18.3 Å². The van der Waals surface area contributed by atoms with Gasteiger partial charge in [-0.3, -0.25) is 4.79 Å². The maximum absolute atomic E-state index is 13.6. The van der Waals surface area contributed by atoms with Crippen molar-refractivity contribution in [1.82, 2.24) is 0 Å². The van der Waals surface area contributed by atoms with E-state index in [2.05, 4.69) is 0 Å². The molecule has 2 rings (SSSR count). The van der Waals surface area contributed by atoms with E-state index in [0.29, 0.717) is 11.8 Å². The van der Waals surface area contributed by atoms with Crippen molar-refractivity contribution in [2.75, 3.05) is 7.11 Å². The van der Waals surface area contributed by atoms with Crippen LogP contribution in [0, 0.1) is 23.0 Å². The number of nitriles is 1. The zero-order valence-corrected chi connectivity index (χ0v) is 11.6. The molecule has 0 aliphatic heterocycles. The van der Waals surface area contributed by atoms with Crippen LogP contribution in [0.25, 0.3) is 6.08 Å². The minimum Gasteiger partial charge on any atom is -0.497 e. The normalized spacial score (nSPS) is 10.9. The lowest BCUT2D eigenvalue weighted by Crippen LogP contribution is -2.02. The van der Waals surface area contributed by atoms with E-state index >= 15 is 0 Å². The summed E-state index contributed by atoms with van der Waals surface area (Å²) in [4.78, 5) is 12.3. The van der Waals surface area contributed by atoms with E-state index in [1.165, 1.54) is 25.3 Å². The number of hydrogen-bond acceptors (Lipinski definition) is 3. The number of rotatable bonds is 4. The average molecular weight is 299 g/mol. The van der Waals surface area contributed by atoms with Crippen molar-refractivity contribution in [2.24, 2.45) is 0 Å². The van der Waals surface area contributed by atoms with E-state index in [9.17, 15) is 13.6 Å². The van der Waals surface area contributed by atoms with Crippen molar-refractivity contribution >= 4 is 11.9 Å². The van der Waals surface area contributed by atoms with E-state index in [1.54, 1.807) is 18.2 Å². The zero-order valence-electron chi connectivity index (χ0n) is 11.6. The molecule has 0 saturated heterocycles. The summed E-state index contributed by atoms with van der Waals surface area (Å²) >= 11 is 0. The van der Waals surface area contributed by atoms with Gasteiger partial charge in [0.1, 0.15) is 29.0 Å². The van der Waals surface area contributed by atoms with Gasteiger partial charge in [0.05, 0.1) is 7.11 Å². The fourth-order valence-electron chi connectivity index (χ4n) is 1.84. The largest absolute Gasteiger partial charge is 0.497 e. The zero-order chi connectivity index (χ0) is 16.1. The van der Waals surface area contributed by atoms with E-state index in [1.807, 2.05) is 0 Å². The number of benzene rings is 2. The number of halogens is 2. The van der Waals surface area contributed by atoms with Gasteiger partial charge in [0.25, 0.3) is 0 Å². The Kier molecular flexibility index (Phi) is 4.64. The quantitative estimate of drug-likeness (QED) is 0.490. The Morgan fingerprint density at radius 3 is 2.64 bits per heavy atom. The molecule has 0 atom stereocenters. The molecule has 0 aromatic heterocycles. The Bertz CT molecular complexity index is 791. The number of ether oxygens (including phenoxy) is 1. The molecular weight excluding hydrogens is 288 g/mol. The number of nitrogens with zero attached hydrogens (tertiary/aromatic N) is 1. The van der Waals surface area contributed by atoms with Gasteiger partial charge in [-0.05, 0) is 30.3 Å². The van der Waals surface area contributed by atoms with E-state index < -0.39 is 17.4 Å². The van der Waals surface area contributed by atoms with Crippen LogP contribution >= 0.6 is 0 Å². The van der Waals surface area contributed by atoms with Gasteiger partial charge in [-0.1, -0.05) is 12.1 Å². The van der Waals surface area contributed by atoms with Gasteiger partial charge in [-0.25, -0.2) is 8.78 Å². The Morgan fingerprint density at radius 2 is 2.00 bits per heavy atom. The second-order valence-corrected chi connectivity index (χ2v) is 4.40. The lowest BCUT2D eigenvalue weighted by atomic mass is 10.0. The summed E-state index contributed by atoms with van der Waals surface area (Å²) in [5.74, 6) is -1.67. The number of Topliss-reactive ketones (excluding diaryl/α,β-unsaturated/α-hetero) is 1. The summed E-state index contributed by atoms with van der Waals surface area (Å²) in [6, 6.07) is 10.9. The molecule has 2 aromatic carbocycles. The molecule has 0 saturated carbocycles. The minimum atomic E-state index is -0.841. The highest BCUT2D eigenvalue weighted by atomic mass is 19.1. The highest BCUT2D eigenvalue weighted by Crippen LogP contribution is 2.19. The van der Waals surface area contributed by atoms with Crippen LogP contribution < -0.4 is 4.74 Å². The Hall–Kier alpha value is -3.00. The van der Waals surface area contributed by atoms with Crippen LogP contribution in [0.5, 0.6) is 5.75 Å².